The highest BCUT2D eigenvalue weighted by Gasteiger charge is 2.46. The molecule has 9 nitrogen and oxygen atoms in total. The number of hydrogen-bond donors (Lipinski definition) is 1. The van der Waals surface area contributed by atoms with E-state index in [1.165, 1.54) is 0 Å². The summed E-state index contributed by atoms with van der Waals surface area (Å²) in [6.07, 6.45) is 5.05. The molecule has 0 bridgehead atoms. The van der Waals surface area contributed by atoms with Crippen molar-refractivity contribution in [1.29, 1.82) is 10.5 Å². The van der Waals surface area contributed by atoms with Gasteiger partial charge < -0.3 is 9.63 Å². The maximum Gasteiger partial charge on any atom is 0.185 e. The summed E-state index contributed by atoms with van der Waals surface area (Å²) in [5.41, 5.74) is 2.48. The minimum atomic E-state index is -0.458. The van der Waals surface area contributed by atoms with Crippen LogP contribution in [-0.2, 0) is 12.1 Å². The molecule has 0 unspecified atom stereocenters. The highest BCUT2D eigenvalue weighted by Crippen LogP contribution is 2.46. The van der Waals surface area contributed by atoms with Gasteiger partial charge in [-0.1, -0.05) is 5.16 Å². The monoisotopic (exact) mass is 411 g/mol. The van der Waals surface area contributed by atoms with E-state index in [-0.39, 0.29) is 12.5 Å². The molecule has 1 fully saturated rings. The molecule has 0 saturated heterocycles. The average Bonchev–Trinajstić information content (AvgIpc) is 3.45. The molecule has 4 heterocycles. The van der Waals surface area contributed by atoms with Crippen LogP contribution in [0.1, 0.15) is 25.0 Å². The van der Waals surface area contributed by atoms with Crippen molar-refractivity contribution in [3.63, 3.8) is 0 Å². The third kappa shape index (κ3) is 3.12. The van der Waals surface area contributed by atoms with Crippen molar-refractivity contribution < 1.29 is 9.63 Å². The zero-order chi connectivity index (χ0) is 21.4. The molecule has 0 atom stereocenters. The van der Waals surface area contributed by atoms with Gasteiger partial charge in [-0.15, -0.1) is 0 Å². The van der Waals surface area contributed by atoms with E-state index in [4.69, 9.17) is 14.6 Å². The SMILES string of the molecule is N#CC[C@]1(n2ccc(-c3nc(-c4cc(CO)no4)cc4ncccc34)n2)C[C@@H](C#N)C1. The van der Waals surface area contributed by atoms with E-state index in [0.29, 0.717) is 47.8 Å². The molecular weight excluding hydrogens is 394 g/mol. The lowest BCUT2D eigenvalue weighted by Gasteiger charge is -2.43. The molecule has 4 aromatic rings. The van der Waals surface area contributed by atoms with Gasteiger partial charge in [0.2, 0.25) is 0 Å². The second-order valence-corrected chi connectivity index (χ2v) is 7.71. The number of aliphatic hydroxyl groups is 1. The van der Waals surface area contributed by atoms with Crippen LogP contribution in [-0.4, -0.2) is 30.0 Å². The molecule has 0 aromatic carbocycles. The Morgan fingerprint density at radius 3 is 2.84 bits per heavy atom. The minimum Gasteiger partial charge on any atom is -0.390 e. The van der Waals surface area contributed by atoms with E-state index in [2.05, 4.69) is 22.3 Å². The number of aliphatic hydroxyl groups excluding tert-OH is 1. The Morgan fingerprint density at radius 2 is 2.10 bits per heavy atom. The quantitative estimate of drug-likeness (QED) is 0.528. The van der Waals surface area contributed by atoms with E-state index in [0.717, 1.165) is 10.9 Å². The Labute approximate surface area is 177 Å². The molecule has 31 heavy (non-hydrogen) atoms. The Morgan fingerprint density at radius 1 is 1.23 bits per heavy atom. The van der Waals surface area contributed by atoms with E-state index < -0.39 is 5.54 Å². The van der Waals surface area contributed by atoms with Gasteiger partial charge in [-0.05, 0) is 37.1 Å². The predicted octanol–water partition coefficient (Wildman–Crippen LogP) is 3.18. The predicted molar refractivity (Wildman–Crippen MR) is 109 cm³/mol. The van der Waals surface area contributed by atoms with Gasteiger partial charge in [0.1, 0.15) is 22.8 Å². The molecule has 0 amide bonds. The van der Waals surface area contributed by atoms with Crippen molar-refractivity contribution in [2.45, 2.75) is 31.4 Å². The largest absolute Gasteiger partial charge is 0.390 e. The first-order valence-electron chi connectivity index (χ1n) is 9.81. The zero-order valence-electron chi connectivity index (χ0n) is 16.4. The second kappa shape index (κ2) is 7.31. The smallest absolute Gasteiger partial charge is 0.185 e. The Balaban J connectivity index is 1.61. The first kappa shape index (κ1) is 18.9. The van der Waals surface area contributed by atoms with Crippen LogP contribution in [0.5, 0.6) is 0 Å². The molecule has 1 aliphatic rings. The van der Waals surface area contributed by atoms with Crippen LogP contribution in [0, 0.1) is 28.6 Å². The molecule has 152 valence electrons. The van der Waals surface area contributed by atoms with Crippen LogP contribution in [0.2, 0.25) is 0 Å². The van der Waals surface area contributed by atoms with Crippen LogP contribution >= 0.6 is 0 Å². The first-order chi connectivity index (χ1) is 15.2. The highest BCUT2D eigenvalue weighted by atomic mass is 16.5. The lowest BCUT2D eigenvalue weighted by molar-refractivity contribution is 0.0884. The number of aromatic nitrogens is 5. The van der Waals surface area contributed by atoms with Crippen LogP contribution < -0.4 is 0 Å². The van der Waals surface area contributed by atoms with E-state index in [1.807, 2.05) is 24.4 Å². The van der Waals surface area contributed by atoms with Gasteiger partial charge in [-0.2, -0.15) is 15.6 Å². The Hall–Kier alpha value is -4.08. The fraction of sp³-hybridized carbons (Fsp3) is 0.273. The van der Waals surface area contributed by atoms with Crippen molar-refractivity contribution in [2.24, 2.45) is 5.92 Å². The molecule has 9 heteroatoms. The molecular formula is C22H17N7O2. The van der Waals surface area contributed by atoms with Crippen molar-refractivity contribution in [3.05, 3.63) is 48.4 Å². The van der Waals surface area contributed by atoms with Gasteiger partial charge in [-0.3, -0.25) is 9.67 Å². The molecule has 1 aliphatic carbocycles. The van der Waals surface area contributed by atoms with Crippen molar-refractivity contribution >= 4 is 10.9 Å². The zero-order valence-corrected chi connectivity index (χ0v) is 16.4. The van der Waals surface area contributed by atoms with E-state index in [1.54, 1.807) is 23.0 Å². The Kier molecular flexibility index (Phi) is 4.46. The molecule has 5 rings (SSSR count). The number of rotatable bonds is 5. The minimum absolute atomic E-state index is 0.0559. The fourth-order valence-electron chi connectivity index (χ4n) is 4.13. The maximum atomic E-state index is 9.31. The van der Waals surface area contributed by atoms with Gasteiger partial charge in [0.25, 0.3) is 0 Å². The third-order valence-corrected chi connectivity index (χ3v) is 5.73. The second-order valence-electron chi connectivity index (χ2n) is 7.71. The third-order valence-electron chi connectivity index (χ3n) is 5.73. The fourth-order valence-corrected chi connectivity index (χ4v) is 4.13. The van der Waals surface area contributed by atoms with Crippen LogP contribution in [0.4, 0.5) is 0 Å². The topological polar surface area (TPSA) is 137 Å². The van der Waals surface area contributed by atoms with Gasteiger partial charge in [0.05, 0.1) is 42.1 Å². The van der Waals surface area contributed by atoms with Gasteiger partial charge in [0.15, 0.2) is 5.76 Å². The van der Waals surface area contributed by atoms with Gasteiger partial charge in [-0.25, -0.2) is 4.98 Å². The summed E-state index contributed by atoms with van der Waals surface area (Å²) in [7, 11) is 0. The number of fused-ring (bicyclic) bond motifs is 1. The van der Waals surface area contributed by atoms with Crippen LogP contribution in [0.15, 0.2) is 47.2 Å². The molecule has 0 radical (unpaired) electrons. The maximum absolute atomic E-state index is 9.31. The lowest BCUT2D eigenvalue weighted by atomic mass is 9.67. The number of nitriles is 2. The van der Waals surface area contributed by atoms with Crippen LogP contribution in [0.25, 0.3) is 33.7 Å². The highest BCUT2D eigenvalue weighted by molar-refractivity contribution is 5.93. The van der Waals surface area contributed by atoms with E-state index in [9.17, 15) is 15.6 Å². The normalized spacial score (nSPS) is 20.2. The molecule has 0 spiro atoms. The van der Waals surface area contributed by atoms with E-state index >= 15 is 0 Å². The van der Waals surface area contributed by atoms with Crippen molar-refractivity contribution in [3.8, 4) is 35.0 Å². The molecule has 4 aromatic heterocycles. The number of hydrogen-bond acceptors (Lipinski definition) is 8. The van der Waals surface area contributed by atoms with Crippen molar-refractivity contribution in [1.82, 2.24) is 24.9 Å². The summed E-state index contributed by atoms with van der Waals surface area (Å²) in [5.74, 6) is 0.369. The van der Waals surface area contributed by atoms with Gasteiger partial charge >= 0.3 is 0 Å². The molecule has 1 N–H and O–H groups in total. The summed E-state index contributed by atoms with van der Waals surface area (Å²) >= 11 is 0. The lowest BCUT2D eigenvalue weighted by Crippen LogP contribution is -2.46. The van der Waals surface area contributed by atoms with Crippen LogP contribution in [0.3, 0.4) is 0 Å². The summed E-state index contributed by atoms with van der Waals surface area (Å²) in [5, 5.41) is 37.2. The van der Waals surface area contributed by atoms with Crippen molar-refractivity contribution in [2.75, 3.05) is 0 Å². The molecule has 1 saturated carbocycles. The first-order valence-corrected chi connectivity index (χ1v) is 9.81. The number of pyridine rings is 2. The Bertz CT molecular complexity index is 1350. The summed E-state index contributed by atoms with van der Waals surface area (Å²) in [4.78, 5) is 9.21. The average molecular weight is 411 g/mol. The summed E-state index contributed by atoms with van der Waals surface area (Å²) in [6, 6.07) is 13.6. The molecule has 0 aliphatic heterocycles. The summed E-state index contributed by atoms with van der Waals surface area (Å²) < 4.78 is 7.13. The standard InChI is InChI=1S/C22H17N7O2/c23-5-4-22(10-14(11-22)12-24)29-7-3-17(27-29)21-16-2-1-6-25-18(16)9-19(26-21)20-8-15(13-30)28-31-20/h1-3,6-9,14,30H,4,10-11,13H2/t14-,22+. The number of nitrogens with zero attached hydrogens (tertiary/aromatic N) is 7. The summed E-state index contributed by atoms with van der Waals surface area (Å²) in [6.45, 7) is -0.225. The van der Waals surface area contributed by atoms with Gasteiger partial charge in [0, 0.05) is 23.8 Å².